The molecule has 0 bridgehead atoms. The van der Waals surface area contributed by atoms with Crippen LogP contribution in [0.5, 0.6) is 5.75 Å². The van der Waals surface area contributed by atoms with Gasteiger partial charge < -0.3 is 10.1 Å². The Hall–Kier alpha value is -1.27. The second kappa shape index (κ2) is 10.5. The molecule has 0 saturated heterocycles. The van der Waals surface area contributed by atoms with E-state index < -0.39 is 4.92 Å². The predicted molar refractivity (Wildman–Crippen MR) is 88.2 cm³/mol. The van der Waals surface area contributed by atoms with E-state index in [-0.39, 0.29) is 5.69 Å². The zero-order chi connectivity index (χ0) is 15.5. The molecule has 1 aromatic carbocycles. The van der Waals surface area contributed by atoms with Crippen LogP contribution in [0.25, 0.3) is 0 Å². The summed E-state index contributed by atoms with van der Waals surface area (Å²) in [7, 11) is 1.52. The number of nitrogens with one attached hydrogen (secondary N) is 1. The summed E-state index contributed by atoms with van der Waals surface area (Å²) in [6.45, 7) is 1.56. The summed E-state index contributed by atoms with van der Waals surface area (Å²) >= 11 is 1.89. The summed E-state index contributed by atoms with van der Waals surface area (Å²) < 4.78 is 5.09. The van der Waals surface area contributed by atoms with Gasteiger partial charge in [0, 0.05) is 12.6 Å². The number of benzene rings is 1. The highest BCUT2D eigenvalue weighted by Crippen LogP contribution is 2.22. The van der Waals surface area contributed by atoms with Crippen LogP contribution in [0.15, 0.2) is 18.2 Å². The SMILES string of the molecule is COc1cc(CNCCCCCCSC)cc([N+](=O)[O-])c1. The molecule has 21 heavy (non-hydrogen) atoms. The zero-order valence-corrected chi connectivity index (χ0v) is 13.6. The van der Waals surface area contributed by atoms with E-state index in [4.69, 9.17) is 4.74 Å². The molecule has 0 fully saturated rings. The molecule has 0 aliphatic heterocycles. The van der Waals surface area contributed by atoms with Gasteiger partial charge in [0.05, 0.1) is 18.1 Å². The van der Waals surface area contributed by atoms with Crippen LogP contribution < -0.4 is 10.1 Å². The lowest BCUT2D eigenvalue weighted by atomic mass is 10.1. The van der Waals surface area contributed by atoms with Crippen LogP contribution in [0.2, 0.25) is 0 Å². The first-order chi connectivity index (χ1) is 10.2. The first-order valence-electron chi connectivity index (χ1n) is 7.19. The molecule has 0 aliphatic carbocycles. The van der Waals surface area contributed by atoms with Crippen LogP contribution in [0.1, 0.15) is 31.2 Å². The predicted octanol–water partition coefficient (Wildman–Crippen LogP) is 3.62. The minimum atomic E-state index is -0.391. The van der Waals surface area contributed by atoms with Crippen molar-refractivity contribution in [1.29, 1.82) is 0 Å². The first kappa shape index (κ1) is 17.8. The van der Waals surface area contributed by atoms with Gasteiger partial charge in [-0.3, -0.25) is 10.1 Å². The van der Waals surface area contributed by atoms with Gasteiger partial charge in [-0.25, -0.2) is 0 Å². The van der Waals surface area contributed by atoms with E-state index >= 15 is 0 Å². The van der Waals surface area contributed by atoms with Crippen LogP contribution in [-0.4, -0.2) is 30.6 Å². The number of nitrogens with zero attached hydrogens (tertiary/aromatic N) is 1. The molecule has 118 valence electrons. The average Bonchev–Trinajstić information content (AvgIpc) is 2.49. The summed E-state index contributed by atoms with van der Waals surface area (Å²) in [5.41, 5.74) is 0.951. The smallest absolute Gasteiger partial charge is 0.273 e. The Morgan fingerprint density at radius 2 is 2.00 bits per heavy atom. The number of hydrogen-bond acceptors (Lipinski definition) is 5. The standard InChI is InChI=1S/C15H24N2O3S/c1-20-15-10-13(9-14(11-15)17(18)19)12-16-7-5-3-4-6-8-21-2/h9-11,16H,3-8,12H2,1-2H3. The van der Waals surface area contributed by atoms with Crippen molar-refractivity contribution >= 4 is 17.4 Å². The molecule has 0 unspecified atom stereocenters. The lowest BCUT2D eigenvalue weighted by Crippen LogP contribution is -2.14. The summed E-state index contributed by atoms with van der Waals surface area (Å²) in [4.78, 5) is 10.5. The highest BCUT2D eigenvalue weighted by atomic mass is 32.2. The second-order valence-electron chi connectivity index (χ2n) is 4.88. The van der Waals surface area contributed by atoms with E-state index in [0.29, 0.717) is 12.3 Å². The minimum Gasteiger partial charge on any atom is -0.496 e. The molecule has 1 N–H and O–H groups in total. The van der Waals surface area contributed by atoms with E-state index in [0.717, 1.165) is 18.5 Å². The van der Waals surface area contributed by atoms with E-state index in [1.165, 1.54) is 38.2 Å². The van der Waals surface area contributed by atoms with Crippen LogP contribution >= 0.6 is 11.8 Å². The van der Waals surface area contributed by atoms with E-state index in [2.05, 4.69) is 11.6 Å². The maximum absolute atomic E-state index is 10.9. The fourth-order valence-electron chi connectivity index (χ4n) is 2.05. The monoisotopic (exact) mass is 312 g/mol. The highest BCUT2D eigenvalue weighted by molar-refractivity contribution is 7.98. The molecule has 0 radical (unpaired) electrons. The van der Waals surface area contributed by atoms with Crippen molar-refractivity contribution in [2.45, 2.75) is 32.2 Å². The maximum atomic E-state index is 10.9. The van der Waals surface area contributed by atoms with Crippen molar-refractivity contribution in [3.8, 4) is 5.75 Å². The molecule has 0 saturated carbocycles. The van der Waals surface area contributed by atoms with Crippen LogP contribution in [-0.2, 0) is 6.54 Å². The van der Waals surface area contributed by atoms with Gasteiger partial charge in [-0.15, -0.1) is 0 Å². The number of rotatable bonds is 11. The molecule has 0 aliphatic rings. The third-order valence-electron chi connectivity index (χ3n) is 3.18. The molecule has 0 atom stereocenters. The van der Waals surface area contributed by atoms with Crippen LogP contribution in [0.3, 0.4) is 0 Å². The van der Waals surface area contributed by atoms with Crippen molar-refractivity contribution in [2.24, 2.45) is 0 Å². The largest absolute Gasteiger partial charge is 0.496 e. The molecule has 0 spiro atoms. The summed E-state index contributed by atoms with van der Waals surface area (Å²) in [5, 5.41) is 14.2. The van der Waals surface area contributed by atoms with Crippen molar-refractivity contribution < 1.29 is 9.66 Å². The first-order valence-corrected chi connectivity index (χ1v) is 8.58. The Kier molecular flexibility index (Phi) is 8.85. The van der Waals surface area contributed by atoms with Crippen molar-refractivity contribution in [3.63, 3.8) is 0 Å². The maximum Gasteiger partial charge on any atom is 0.273 e. The Bertz CT molecular complexity index is 441. The fourth-order valence-corrected chi connectivity index (χ4v) is 2.54. The normalized spacial score (nSPS) is 10.6. The number of thioether (sulfide) groups is 1. The molecular formula is C15H24N2O3S. The number of methoxy groups -OCH3 is 1. The van der Waals surface area contributed by atoms with Gasteiger partial charge in [-0.2, -0.15) is 11.8 Å². The molecule has 0 aromatic heterocycles. The molecular weight excluding hydrogens is 288 g/mol. The van der Waals surface area contributed by atoms with Crippen molar-refractivity contribution in [2.75, 3.05) is 25.7 Å². The topological polar surface area (TPSA) is 64.4 Å². The number of hydrogen-bond donors (Lipinski definition) is 1. The number of unbranched alkanes of at least 4 members (excludes halogenated alkanes) is 3. The summed E-state index contributed by atoms with van der Waals surface area (Å²) in [6.07, 6.45) is 7.05. The van der Waals surface area contributed by atoms with Crippen LogP contribution in [0, 0.1) is 10.1 Å². The van der Waals surface area contributed by atoms with Gasteiger partial charge in [-0.1, -0.05) is 12.8 Å². The second-order valence-corrected chi connectivity index (χ2v) is 5.87. The average molecular weight is 312 g/mol. The molecule has 1 aromatic rings. The Morgan fingerprint density at radius 3 is 2.67 bits per heavy atom. The van der Waals surface area contributed by atoms with Crippen molar-refractivity contribution in [1.82, 2.24) is 5.32 Å². The lowest BCUT2D eigenvalue weighted by molar-refractivity contribution is -0.385. The number of ether oxygens (including phenoxy) is 1. The zero-order valence-electron chi connectivity index (χ0n) is 12.8. The quantitative estimate of drug-likeness (QED) is 0.384. The van der Waals surface area contributed by atoms with E-state index in [1.54, 1.807) is 6.07 Å². The summed E-state index contributed by atoms with van der Waals surface area (Å²) in [6, 6.07) is 4.86. The molecule has 0 heterocycles. The van der Waals surface area contributed by atoms with Gasteiger partial charge in [0.1, 0.15) is 5.75 Å². The molecule has 5 nitrogen and oxygen atoms in total. The minimum absolute atomic E-state index is 0.0724. The number of nitro groups is 1. The Balaban J connectivity index is 2.31. The van der Waals surface area contributed by atoms with E-state index in [1.807, 2.05) is 17.8 Å². The van der Waals surface area contributed by atoms with Crippen LogP contribution in [0.4, 0.5) is 5.69 Å². The summed E-state index contributed by atoms with van der Waals surface area (Å²) in [5.74, 6) is 1.76. The molecule has 6 heteroatoms. The Labute approximate surface area is 130 Å². The van der Waals surface area contributed by atoms with Gasteiger partial charge in [0.2, 0.25) is 0 Å². The number of nitro benzene ring substituents is 1. The highest BCUT2D eigenvalue weighted by Gasteiger charge is 2.09. The lowest BCUT2D eigenvalue weighted by Gasteiger charge is -2.07. The Morgan fingerprint density at radius 1 is 1.24 bits per heavy atom. The van der Waals surface area contributed by atoms with Crippen molar-refractivity contribution in [3.05, 3.63) is 33.9 Å². The number of non-ortho nitro benzene ring substituents is 1. The van der Waals surface area contributed by atoms with E-state index in [9.17, 15) is 10.1 Å². The molecule has 1 rings (SSSR count). The third kappa shape index (κ3) is 7.34. The third-order valence-corrected chi connectivity index (χ3v) is 3.88. The van der Waals surface area contributed by atoms with Gasteiger partial charge in [0.15, 0.2) is 0 Å². The molecule has 0 amide bonds. The fraction of sp³-hybridized carbons (Fsp3) is 0.600. The van der Waals surface area contributed by atoms with Gasteiger partial charge in [0.25, 0.3) is 5.69 Å². The van der Waals surface area contributed by atoms with Gasteiger partial charge in [-0.05, 0) is 43.0 Å². The van der Waals surface area contributed by atoms with Gasteiger partial charge >= 0.3 is 0 Å².